The number of aryl methyl sites for hydroxylation is 2. The molecule has 1 saturated carbocycles. The predicted molar refractivity (Wildman–Crippen MR) is 99.4 cm³/mol. The zero-order chi connectivity index (χ0) is 17.2. The van der Waals surface area contributed by atoms with Crippen LogP contribution in [0.3, 0.4) is 0 Å². The molecule has 0 N–H and O–H groups in total. The van der Waals surface area contributed by atoms with Crippen LogP contribution >= 0.6 is 0 Å². The minimum absolute atomic E-state index is 0.463. The highest BCUT2D eigenvalue weighted by Crippen LogP contribution is 2.41. The first kappa shape index (κ1) is 16.3. The van der Waals surface area contributed by atoms with Gasteiger partial charge in [0.15, 0.2) is 0 Å². The molecule has 0 radical (unpaired) electrons. The molecular weight excluding hydrogens is 306 g/mol. The summed E-state index contributed by atoms with van der Waals surface area (Å²) in [6.45, 7) is 2.02. The number of nitrogens with zero attached hydrogens (tertiary/aromatic N) is 3. The third kappa shape index (κ3) is 3.06. The van der Waals surface area contributed by atoms with Crippen LogP contribution in [0.25, 0.3) is 11.1 Å². The molecular formula is C22H25N3. The molecule has 0 bridgehead atoms. The number of pyridine rings is 2. The van der Waals surface area contributed by atoms with Crippen molar-refractivity contribution in [1.82, 2.24) is 9.97 Å². The average molecular weight is 331 g/mol. The molecule has 2 aromatic rings. The third-order valence-electron chi connectivity index (χ3n) is 5.79. The lowest BCUT2D eigenvalue weighted by Gasteiger charge is -2.20. The fraction of sp³-hybridized carbons (Fsp3) is 0.500. The summed E-state index contributed by atoms with van der Waals surface area (Å²) in [6, 6.07) is 6.73. The standard InChI is InChI=1S/C22H25N3/c1-15-13-17(11-12-24-15)21-18-9-3-2-4-10-20(18)25-22(19(21)14-23)16-7-5-6-8-16/h11-13,16H,2-10H2,1H3. The van der Waals surface area contributed by atoms with Gasteiger partial charge >= 0.3 is 0 Å². The molecule has 0 unspecified atom stereocenters. The summed E-state index contributed by atoms with van der Waals surface area (Å²) >= 11 is 0. The third-order valence-corrected chi connectivity index (χ3v) is 5.79. The van der Waals surface area contributed by atoms with Gasteiger partial charge in [0.2, 0.25) is 0 Å². The smallest absolute Gasteiger partial charge is 0.102 e. The van der Waals surface area contributed by atoms with Gasteiger partial charge < -0.3 is 0 Å². The Morgan fingerprint density at radius 1 is 1.08 bits per heavy atom. The maximum absolute atomic E-state index is 10.1. The summed E-state index contributed by atoms with van der Waals surface area (Å²) in [6.07, 6.45) is 12.5. The average Bonchev–Trinajstić information content (AvgIpc) is 3.05. The Kier molecular flexibility index (Phi) is 4.53. The van der Waals surface area contributed by atoms with E-state index >= 15 is 0 Å². The van der Waals surface area contributed by atoms with Crippen LogP contribution in [0.1, 0.15) is 79.1 Å². The van der Waals surface area contributed by atoms with Crippen molar-refractivity contribution < 1.29 is 0 Å². The molecule has 4 rings (SSSR count). The second kappa shape index (κ2) is 6.96. The van der Waals surface area contributed by atoms with Crippen molar-refractivity contribution in [2.45, 2.75) is 70.6 Å². The fourth-order valence-corrected chi connectivity index (χ4v) is 4.57. The number of fused-ring (bicyclic) bond motifs is 1. The van der Waals surface area contributed by atoms with Crippen LogP contribution in [0.5, 0.6) is 0 Å². The Labute approximate surface area is 150 Å². The van der Waals surface area contributed by atoms with Gasteiger partial charge in [0, 0.05) is 29.1 Å². The van der Waals surface area contributed by atoms with Gasteiger partial charge in [0.1, 0.15) is 6.07 Å². The molecule has 0 aliphatic heterocycles. The summed E-state index contributed by atoms with van der Waals surface area (Å²) in [4.78, 5) is 9.45. The molecule has 2 aliphatic rings. The van der Waals surface area contributed by atoms with Gasteiger partial charge in [-0.3, -0.25) is 9.97 Å². The topological polar surface area (TPSA) is 49.6 Å². The van der Waals surface area contributed by atoms with Gasteiger partial charge in [0.25, 0.3) is 0 Å². The van der Waals surface area contributed by atoms with Crippen molar-refractivity contribution in [2.75, 3.05) is 0 Å². The van der Waals surface area contributed by atoms with Gasteiger partial charge in [-0.25, -0.2) is 0 Å². The van der Waals surface area contributed by atoms with E-state index in [-0.39, 0.29) is 0 Å². The molecule has 0 saturated heterocycles. The van der Waals surface area contributed by atoms with Gasteiger partial charge in [-0.2, -0.15) is 5.26 Å². The SMILES string of the molecule is Cc1cc(-c2c(C#N)c(C3CCCC3)nc3c2CCCCC3)ccn1. The van der Waals surface area contributed by atoms with E-state index in [9.17, 15) is 5.26 Å². The monoisotopic (exact) mass is 331 g/mol. The molecule has 1 fully saturated rings. The zero-order valence-electron chi connectivity index (χ0n) is 15.0. The molecule has 3 heteroatoms. The van der Waals surface area contributed by atoms with E-state index in [1.54, 1.807) is 0 Å². The summed E-state index contributed by atoms with van der Waals surface area (Å²) in [5, 5.41) is 10.1. The van der Waals surface area contributed by atoms with E-state index in [0.29, 0.717) is 5.92 Å². The number of rotatable bonds is 2. The first-order valence-corrected chi connectivity index (χ1v) is 9.66. The first-order valence-electron chi connectivity index (χ1n) is 9.66. The fourth-order valence-electron chi connectivity index (χ4n) is 4.57. The summed E-state index contributed by atoms with van der Waals surface area (Å²) in [7, 11) is 0. The van der Waals surface area contributed by atoms with Crippen molar-refractivity contribution in [1.29, 1.82) is 5.26 Å². The number of aromatic nitrogens is 2. The van der Waals surface area contributed by atoms with Gasteiger partial charge in [-0.15, -0.1) is 0 Å². The van der Waals surface area contributed by atoms with Crippen LogP contribution in [-0.4, -0.2) is 9.97 Å². The predicted octanol–water partition coefficient (Wildman–Crippen LogP) is 5.25. The zero-order valence-corrected chi connectivity index (χ0v) is 15.0. The Morgan fingerprint density at radius 2 is 1.88 bits per heavy atom. The Morgan fingerprint density at radius 3 is 2.64 bits per heavy atom. The molecule has 0 spiro atoms. The maximum Gasteiger partial charge on any atom is 0.102 e. The largest absolute Gasteiger partial charge is 0.262 e. The number of nitriles is 1. The van der Waals surface area contributed by atoms with E-state index in [2.05, 4.69) is 23.2 Å². The normalized spacial score (nSPS) is 17.8. The van der Waals surface area contributed by atoms with E-state index in [4.69, 9.17) is 4.98 Å². The second-order valence-electron chi connectivity index (χ2n) is 7.51. The lowest BCUT2D eigenvalue weighted by atomic mass is 9.87. The Bertz CT molecular complexity index is 826. The van der Waals surface area contributed by atoms with Crippen LogP contribution < -0.4 is 0 Å². The van der Waals surface area contributed by atoms with Crippen molar-refractivity contribution in [3.63, 3.8) is 0 Å². The van der Waals surface area contributed by atoms with Crippen LogP contribution in [0.4, 0.5) is 0 Å². The van der Waals surface area contributed by atoms with E-state index < -0.39 is 0 Å². The highest BCUT2D eigenvalue weighted by Gasteiger charge is 2.28. The molecule has 0 aromatic carbocycles. The van der Waals surface area contributed by atoms with Gasteiger partial charge in [-0.1, -0.05) is 19.3 Å². The van der Waals surface area contributed by atoms with Crippen molar-refractivity contribution >= 4 is 0 Å². The highest BCUT2D eigenvalue weighted by molar-refractivity contribution is 5.76. The van der Waals surface area contributed by atoms with Crippen molar-refractivity contribution in [3.8, 4) is 17.2 Å². The van der Waals surface area contributed by atoms with Crippen molar-refractivity contribution in [3.05, 3.63) is 46.5 Å². The van der Waals surface area contributed by atoms with E-state index in [1.165, 1.54) is 56.2 Å². The molecule has 3 nitrogen and oxygen atoms in total. The lowest BCUT2D eigenvalue weighted by Crippen LogP contribution is -2.10. The lowest BCUT2D eigenvalue weighted by molar-refractivity contribution is 0.681. The van der Waals surface area contributed by atoms with Crippen LogP contribution in [-0.2, 0) is 12.8 Å². The minimum atomic E-state index is 0.463. The summed E-state index contributed by atoms with van der Waals surface area (Å²) in [5.74, 6) is 0.463. The minimum Gasteiger partial charge on any atom is -0.262 e. The molecule has 2 heterocycles. The quantitative estimate of drug-likeness (QED) is 0.706. The molecule has 2 aromatic heterocycles. The first-order chi connectivity index (χ1) is 12.3. The van der Waals surface area contributed by atoms with Crippen LogP contribution in [0.2, 0.25) is 0 Å². The maximum atomic E-state index is 10.1. The highest BCUT2D eigenvalue weighted by atomic mass is 14.7. The molecule has 25 heavy (non-hydrogen) atoms. The van der Waals surface area contributed by atoms with Gasteiger partial charge in [0.05, 0.1) is 11.3 Å². The molecule has 0 atom stereocenters. The van der Waals surface area contributed by atoms with Crippen molar-refractivity contribution in [2.24, 2.45) is 0 Å². The summed E-state index contributed by atoms with van der Waals surface area (Å²) in [5.41, 5.74) is 7.78. The molecule has 0 amide bonds. The number of hydrogen-bond donors (Lipinski definition) is 0. The Balaban J connectivity index is 1.98. The van der Waals surface area contributed by atoms with Crippen LogP contribution in [0.15, 0.2) is 18.3 Å². The Hall–Kier alpha value is -2.21. The summed E-state index contributed by atoms with van der Waals surface area (Å²) < 4.78 is 0. The van der Waals surface area contributed by atoms with E-state index in [1.807, 2.05) is 13.1 Å². The van der Waals surface area contributed by atoms with Gasteiger partial charge in [-0.05, 0) is 68.7 Å². The molecule has 2 aliphatic carbocycles. The number of hydrogen-bond acceptors (Lipinski definition) is 3. The second-order valence-corrected chi connectivity index (χ2v) is 7.51. The van der Waals surface area contributed by atoms with Crippen LogP contribution in [0, 0.1) is 18.3 Å². The van der Waals surface area contributed by atoms with E-state index in [0.717, 1.165) is 40.9 Å². The molecule has 128 valence electrons.